The SMILES string of the molecule is CCc1nn(CC)c(COc2ccc(N)cc2C)c1Cl. The van der Waals surface area contributed by atoms with Crippen LogP contribution >= 0.6 is 11.6 Å². The van der Waals surface area contributed by atoms with Gasteiger partial charge in [-0.05, 0) is 44.0 Å². The van der Waals surface area contributed by atoms with Gasteiger partial charge in [-0.1, -0.05) is 18.5 Å². The number of hydrogen-bond acceptors (Lipinski definition) is 3. The first-order valence-electron chi connectivity index (χ1n) is 6.79. The molecule has 0 aliphatic carbocycles. The van der Waals surface area contributed by atoms with Crippen molar-refractivity contribution < 1.29 is 4.74 Å². The predicted octanol–water partition coefficient (Wildman–Crippen LogP) is 3.59. The molecule has 20 heavy (non-hydrogen) atoms. The molecule has 0 amide bonds. The van der Waals surface area contributed by atoms with Crippen LogP contribution in [-0.4, -0.2) is 9.78 Å². The summed E-state index contributed by atoms with van der Waals surface area (Å²) in [4.78, 5) is 0. The Morgan fingerprint density at radius 3 is 2.70 bits per heavy atom. The van der Waals surface area contributed by atoms with Crippen LogP contribution < -0.4 is 10.5 Å². The third-order valence-corrected chi connectivity index (χ3v) is 3.69. The molecule has 0 bridgehead atoms. The molecule has 0 aliphatic rings. The standard InChI is InChI=1S/C15H20ClN3O/c1-4-12-15(16)13(19(5-2)18-12)9-20-14-7-6-11(17)8-10(14)3/h6-8H,4-5,9,17H2,1-3H3. The molecular formula is C15H20ClN3O. The quantitative estimate of drug-likeness (QED) is 0.857. The topological polar surface area (TPSA) is 53.1 Å². The zero-order valence-electron chi connectivity index (χ0n) is 12.1. The zero-order chi connectivity index (χ0) is 14.7. The Balaban J connectivity index is 2.20. The van der Waals surface area contributed by atoms with Crippen LogP contribution in [0, 0.1) is 6.92 Å². The number of aromatic nitrogens is 2. The molecule has 0 spiro atoms. The first-order valence-corrected chi connectivity index (χ1v) is 7.17. The van der Waals surface area contributed by atoms with E-state index in [-0.39, 0.29) is 0 Å². The van der Waals surface area contributed by atoms with Crippen molar-refractivity contribution in [2.45, 2.75) is 40.3 Å². The van der Waals surface area contributed by atoms with E-state index in [1.807, 2.05) is 43.7 Å². The number of hydrogen-bond donors (Lipinski definition) is 1. The number of anilines is 1. The zero-order valence-corrected chi connectivity index (χ0v) is 12.9. The van der Waals surface area contributed by atoms with Crippen molar-refractivity contribution in [3.05, 3.63) is 40.2 Å². The van der Waals surface area contributed by atoms with Gasteiger partial charge < -0.3 is 10.5 Å². The van der Waals surface area contributed by atoms with Gasteiger partial charge >= 0.3 is 0 Å². The number of aryl methyl sites for hydroxylation is 3. The second-order valence-electron chi connectivity index (χ2n) is 4.69. The fraction of sp³-hybridized carbons (Fsp3) is 0.400. The van der Waals surface area contributed by atoms with Gasteiger partial charge in [0.15, 0.2) is 0 Å². The van der Waals surface area contributed by atoms with E-state index in [1.165, 1.54) is 0 Å². The minimum Gasteiger partial charge on any atom is -0.487 e. The molecule has 2 rings (SSSR count). The smallest absolute Gasteiger partial charge is 0.131 e. The van der Waals surface area contributed by atoms with Crippen molar-refractivity contribution in [2.75, 3.05) is 5.73 Å². The number of ether oxygens (including phenoxy) is 1. The van der Waals surface area contributed by atoms with Gasteiger partial charge in [0.1, 0.15) is 12.4 Å². The maximum absolute atomic E-state index is 6.36. The number of benzene rings is 1. The van der Waals surface area contributed by atoms with Crippen molar-refractivity contribution in [3.8, 4) is 5.75 Å². The molecule has 1 heterocycles. The molecule has 1 aromatic carbocycles. The molecule has 0 aliphatic heterocycles. The van der Waals surface area contributed by atoms with E-state index in [0.717, 1.165) is 41.4 Å². The van der Waals surface area contributed by atoms with Crippen LogP contribution in [0.1, 0.15) is 30.8 Å². The highest BCUT2D eigenvalue weighted by atomic mass is 35.5. The Morgan fingerprint density at radius 1 is 1.35 bits per heavy atom. The molecule has 0 saturated carbocycles. The second kappa shape index (κ2) is 6.18. The van der Waals surface area contributed by atoms with Gasteiger partial charge in [0.2, 0.25) is 0 Å². The summed E-state index contributed by atoms with van der Waals surface area (Å²) >= 11 is 6.36. The summed E-state index contributed by atoms with van der Waals surface area (Å²) in [6.45, 7) is 7.25. The predicted molar refractivity (Wildman–Crippen MR) is 82.2 cm³/mol. The molecule has 1 aromatic heterocycles. The van der Waals surface area contributed by atoms with Crippen molar-refractivity contribution in [2.24, 2.45) is 0 Å². The number of nitrogens with zero attached hydrogens (tertiary/aromatic N) is 2. The van der Waals surface area contributed by atoms with Gasteiger partial charge in [-0.25, -0.2) is 0 Å². The van der Waals surface area contributed by atoms with Crippen LogP contribution in [0.4, 0.5) is 5.69 Å². The maximum Gasteiger partial charge on any atom is 0.131 e. The summed E-state index contributed by atoms with van der Waals surface area (Å²) < 4.78 is 7.75. The minimum atomic E-state index is 0.407. The van der Waals surface area contributed by atoms with E-state index < -0.39 is 0 Å². The first kappa shape index (κ1) is 14.7. The molecule has 0 atom stereocenters. The number of nitrogen functional groups attached to an aromatic ring is 1. The number of rotatable bonds is 5. The van der Waals surface area contributed by atoms with Gasteiger partial charge in [0.25, 0.3) is 0 Å². The van der Waals surface area contributed by atoms with E-state index in [0.29, 0.717) is 11.6 Å². The number of halogens is 1. The third-order valence-electron chi connectivity index (χ3n) is 3.26. The normalized spacial score (nSPS) is 10.8. The Hall–Kier alpha value is -1.68. The fourth-order valence-corrected chi connectivity index (χ4v) is 2.46. The molecule has 0 radical (unpaired) electrons. The van der Waals surface area contributed by atoms with Gasteiger partial charge in [-0.3, -0.25) is 4.68 Å². The van der Waals surface area contributed by atoms with E-state index in [1.54, 1.807) is 0 Å². The largest absolute Gasteiger partial charge is 0.487 e. The van der Waals surface area contributed by atoms with Gasteiger partial charge in [-0.2, -0.15) is 5.10 Å². The lowest BCUT2D eigenvalue weighted by molar-refractivity contribution is 0.290. The molecule has 2 aromatic rings. The van der Waals surface area contributed by atoms with Crippen LogP contribution in [0.15, 0.2) is 18.2 Å². The first-order chi connectivity index (χ1) is 9.56. The summed E-state index contributed by atoms with van der Waals surface area (Å²) in [5.74, 6) is 0.817. The molecular weight excluding hydrogens is 274 g/mol. The highest BCUT2D eigenvalue weighted by Gasteiger charge is 2.15. The Morgan fingerprint density at radius 2 is 2.10 bits per heavy atom. The van der Waals surface area contributed by atoms with Crippen molar-refractivity contribution in [1.29, 1.82) is 0 Å². The molecule has 108 valence electrons. The number of nitrogens with two attached hydrogens (primary N) is 1. The highest BCUT2D eigenvalue weighted by molar-refractivity contribution is 6.31. The van der Waals surface area contributed by atoms with Crippen molar-refractivity contribution >= 4 is 17.3 Å². The van der Waals surface area contributed by atoms with E-state index in [2.05, 4.69) is 5.10 Å². The van der Waals surface area contributed by atoms with Crippen LogP contribution in [0.25, 0.3) is 0 Å². The van der Waals surface area contributed by atoms with Crippen LogP contribution in [0.3, 0.4) is 0 Å². The molecule has 2 N–H and O–H groups in total. The van der Waals surface area contributed by atoms with Gasteiger partial charge in [0, 0.05) is 12.2 Å². The molecule has 0 unspecified atom stereocenters. The molecule has 0 saturated heterocycles. The highest BCUT2D eigenvalue weighted by Crippen LogP contribution is 2.25. The summed E-state index contributed by atoms with van der Waals surface area (Å²) in [7, 11) is 0. The van der Waals surface area contributed by atoms with Gasteiger partial charge in [0.05, 0.1) is 16.4 Å². The van der Waals surface area contributed by atoms with Gasteiger partial charge in [-0.15, -0.1) is 0 Å². The van der Waals surface area contributed by atoms with Crippen molar-refractivity contribution in [1.82, 2.24) is 9.78 Å². The lowest BCUT2D eigenvalue weighted by Gasteiger charge is -2.11. The third kappa shape index (κ3) is 2.90. The average molecular weight is 294 g/mol. The van der Waals surface area contributed by atoms with Crippen LogP contribution in [-0.2, 0) is 19.6 Å². The fourth-order valence-electron chi connectivity index (χ4n) is 2.14. The van der Waals surface area contributed by atoms with Crippen LogP contribution in [0.2, 0.25) is 5.02 Å². The summed E-state index contributed by atoms with van der Waals surface area (Å²) in [5, 5.41) is 5.19. The maximum atomic E-state index is 6.36. The Labute approximate surface area is 124 Å². The lowest BCUT2D eigenvalue weighted by atomic mass is 10.2. The minimum absolute atomic E-state index is 0.407. The van der Waals surface area contributed by atoms with E-state index in [9.17, 15) is 0 Å². The summed E-state index contributed by atoms with van der Waals surface area (Å²) in [6, 6.07) is 5.61. The van der Waals surface area contributed by atoms with E-state index in [4.69, 9.17) is 22.1 Å². The monoisotopic (exact) mass is 293 g/mol. The Kier molecular flexibility index (Phi) is 4.55. The molecule has 0 fully saturated rings. The summed E-state index contributed by atoms with van der Waals surface area (Å²) in [6.07, 6.45) is 0.819. The van der Waals surface area contributed by atoms with Crippen LogP contribution in [0.5, 0.6) is 5.75 Å². The lowest BCUT2D eigenvalue weighted by Crippen LogP contribution is -2.07. The van der Waals surface area contributed by atoms with Crippen molar-refractivity contribution in [3.63, 3.8) is 0 Å². The van der Waals surface area contributed by atoms with E-state index >= 15 is 0 Å². The average Bonchev–Trinajstić information content (AvgIpc) is 2.74. The molecule has 4 nitrogen and oxygen atoms in total. The molecule has 5 heteroatoms. The summed E-state index contributed by atoms with van der Waals surface area (Å²) in [5.41, 5.74) is 9.32. The Bertz CT molecular complexity index is 607. The second-order valence-corrected chi connectivity index (χ2v) is 5.07.